The lowest BCUT2D eigenvalue weighted by molar-refractivity contribution is -0.118. The van der Waals surface area contributed by atoms with Crippen LogP contribution in [0.15, 0.2) is 41.8 Å². The van der Waals surface area contributed by atoms with Gasteiger partial charge >= 0.3 is 0 Å². The summed E-state index contributed by atoms with van der Waals surface area (Å²) in [4.78, 5) is 11.0. The highest BCUT2D eigenvalue weighted by atomic mass is 32.2. The van der Waals surface area contributed by atoms with Crippen LogP contribution in [0.4, 0.5) is 5.69 Å². The lowest BCUT2D eigenvalue weighted by atomic mass is 10.2. The first-order chi connectivity index (χ1) is 7.21. The maximum Gasteiger partial charge on any atom is 0.255 e. The molecule has 0 bridgehead atoms. The number of hydrogen-bond donors (Lipinski definition) is 2. The van der Waals surface area contributed by atoms with Crippen molar-refractivity contribution in [2.24, 2.45) is 5.73 Å². The third-order valence-corrected chi connectivity index (χ3v) is 3.31. The first-order valence-electron chi connectivity index (χ1n) is 4.69. The van der Waals surface area contributed by atoms with Gasteiger partial charge in [-0.15, -0.1) is 11.8 Å². The van der Waals surface area contributed by atoms with Gasteiger partial charge in [0.1, 0.15) is 4.87 Å². The molecule has 0 aliphatic carbocycles. The Hall–Kier alpha value is -1.26. The van der Waals surface area contributed by atoms with E-state index in [0.717, 1.165) is 5.69 Å². The number of benzene rings is 1. The number of thioether (sulfide) groups is 1. The van der Waals surface area contributed by atoms with E-state index in [2.05, 4.69) is 5.32 Å². The normalized spacial score (nSPS) is 24.1. The van der Waals surface area contributed by atoms with Crippen LogP contribution in [0.25, 0.3) is 0 Å². The summed E-state index contributed by atoms with van der Waals surface area (Å²) in [6, 6.07) is 9.33. The molecule has 1 amide bonds. The minimum Gasteiger partial charge on any atom is -0.324 e. The van der Waals surface area contributed by atoms with Crippen LogP contribution in [0.2, 0.25) is 0 Å². The van der Waals surface area contributed by atoms with Gasteiger partial charge in [-0.25, -0.2) is 0 Å². The molecule has 1 heterocycles. The fraction of sp³-hybridized carbons (Fsp3) is 0.182. The highest BCUT2D eigenvalue weighted by Gasteiger charge is 2.35. The average molecular weight is 220 g/mol. The van der Waals surface area contributed by atoms with Crippen molar-refractivity contribution in [1.82, 2.24) is 0 Å². The molecule has 15 heavy (non-hydrogen) atoms. The minimum absolute atomic E-state index is 0.149. The molecule has 1 aliphatic rings. The Labute approximate surface area is 92.7 Å². The van der Waals surface area contributed by atoms with Gasteiger partial charge in [-0.2, -0.15) is 0 Å². The molecular formula is C11H12N2OS. The maximum atomic E-state index is 11.8. The van der Waals surface area contributed by atoms with Crippen LogP contribution < -0.4 is 11.1 Å². The summed E-state index contributed by atoms with van der Waals surface area (Å²) < 4.78 is 0. The second kappa shape index (κ2) is 4.08. The number of rotatable bonds is 2. The Morgan fingerprint density at radius 2 is 2.13 bits per heavy atom. The van der Waals surface area contributed by atoms with Crippen molar-refractivity contribution in [2.45, 2.75) is 11.3 Å². The van der Waals surface area contributed by atoms with E-state index in [1.54, 1.807) is 0 Å². The zero-order valence-corrected chi connectivity index (χ0v) is 8.96. The SMILES string of the molecule is NC1(C(=O)Nc2ccccc2)CC=CS1. The smallest absolute Gasteiger partial charge is 0.255 e. The standard InChI is InChI=1S/C11H12N2OS/c12-11(7-4-8-15-11)10(14)13-9-5-2-1-3-6-9/h1-6,8H,7,12H2,(H,13,14). The number of nitrogens with one attached hydrogen (secondary N) is 1. The molecule has 1 unspecified atom stereocenters. The molecule has 78 valence electrons. The molecule has 0 radical (unpaired) electrons. The lowest BCUT2D eigenvalue weighted by Crippen LogP contribution is -2.46. The molecule has 3 N–H and O–H groups in total. The number of carbonyl (C=O) groups is 1. The maximum absolute atomic E-state index is 11.8. The van der Waals surface area contributed by atoms with Crippen LogP contribution in [0, 0.1) is 0 Å². The molecule has 3 nitrogen and oxygen atoms in total. The van der Waals surface area contributed by atoms with Crippen molar-refractivity contribution < 1.29 is 4.79 Å². The van der Waals surface area contributed by atoms with Crippen LogP contribution in [0.1, 0.15) is 6.42 Å². The molecule has 1 aliphatic heterocycles. The summed E-state index contributed by atoms with van der Waals surface area (Å²) >= 11 is 1.36. The highest BCUT2D eigenvalue weighted by molar-refractivity contribution is 8.04. The molecular weight excluding hydrogens is 208 g/mol. The van der Waals surface area contributed by atoms with E-state index >= 15 is 0 Å². The highest BCUT2D eigenvalue weighted by Crippen LogP contribution is 2.32. The first kappa shape index (κ1) is 10.3. The van der Waals surface area contributed by atoms with Crippen LogP contribution >= 0.6 is 11.8 Å². The summed E-state index contributed by atoms with van der Waals surface area (Å²) in [6.07, 6.45) is 2.49. The van der Waals surface area contributed by atoms with Crippen LogP contribution in [0.3, 0.4) is 0 Å². The van der Waals surface area contributed by atoms with Crippen molar-refractivity contribution in [3.8, 4) is 0 Å². The van der Waals surface area contributed by atoms with E-state index in [0.29, 0.717) is 6.42 Å². The summed E-state index contributed by atoms with van der Waals surface area (Å²) in [7, 11) is 0. The summed E-state index contributed by atoms with van der Waals surface area (Å²) in [5.41, 5.74) is 6.72. The molecule has 0 saturated carbocycles. The fourth-order valence-electron chi connectivity index (χ4n) is 1.35. The zero-order valence-electron chi connectivity index (χ0n) is 8.14. The van der Waals surface area contributed by atoms with E-state index < -0.39 is 4.87 Å². The van der Waals surface area contributed by atoms with Gasteiger partial charge in [0.15, 0.2) is 0 Å². The predicted molar refractivity (Wildman–Crippen MR) is 63.3 cm³/mol. The summed E-state index contributed by atoms with van der Waals surface area (Å²) in [5.74, 6) is -0.149. The van der Waals surface area contributed by atoms with Crippen molar-refractivity contribution in [3.63, 3.8) is 0 Å². The number of carbonyl (C=O) groups excluding carboxylic acids is 1. The Kier molecular flexibility index (Phi) is 2.79. The second-order valence-corrected chi connectivity index (χ2v) is 4.64. The molecule has 0 spiro atoms. The Balaban J connectivity index is 2.04. The lowest BCUT2D eigenvalue weighted by Gasteiger charge is -2.21. The van der Waals surface area contributed by atoms with E-state index in [-0.39, 0.29) is 5.91 Å². The number of para-hydroxylation sites is 1. The Morgan fingerprint density at radius 3 is 2.73 bits per heavy atom. The molecule has 4 heteroatoms. The third-order valence-electron chi connectivity index (χ3n) is 2.21. The van der Waals surface area contributed by atoms with Gasteiger partial charge in [-0.3, -0.25) is 4.79 Å². The van der Waals surface area contributed by atoms with Crippen molar-refractivity contribution in [1.29, 1.82) is 0 Å². The first-order valence-corrected chi connectivity index (χ1v) is 5.57. The van der Waals surface area contributed by atoms with Gasteiger partial charge in [-0.05, 0) is 17.5 Å². The number of amides is 1. The Bertz CT molecular complexity index is 381. The summed E-state index contributed by atoms with van der Waals surface area (Å²) in [5, 5.41) is 4.67. The number of nitrogens with two attached hydrogens (primary N) is 1. The minimum atomic E-state index is -0.837. The zero-order chi connectivity index (χ0) is 10.7. The van der Waals surface area contributed by atoms with Crippen LogP contribution in [0.5, 0.6) is 0 Å². The van der Waals surface area contributed by atoms with Gasteiger partial charge in [0, 0.05) is 12.1 Å². The van der Waals surface area contributed by atoms with E-state index in [1.165, 1.54) is 11.8 Å². The molecule has 2 rings (SSSR count). The molecule has 1 aromatic rings. The fourth-order valence-corrected chi connectivity index (χ4v) is 2.13. The quantitative estimate of drug-likeness (QED) is 0.800. The van der Waals surface area contributed by atoms with E-state index in [4.69, 9.17) is 5.73 Å². The molecule has 0 fully saturated rings. The van der Waals surface area contributed by atoms with Gasteiger partial charge in [0.2, 0.25) is 0 Å². The van der Waals surface area contributed by atoms with Gasteiger partial charge in [0.25, 0.3) is 5.91 Å². The van der Waals surface area contributed by atoms with Crippen LogP contribution in [-0.4, -0.2) is 10.8 Å². The predicted octanol–water partition coefficient (Wildman–Crippen LogP) is 1.93. The van der Waals surface area contributed by atoms with E-state index in [9.17, 15) is 4.79 Å². The van der Waals surface area contributed by atoms with Gasteiger partial charge in [0.05, 0.1) is 0 Å². The third kappa shape index (κ3) is 2.22. The average Bonchev–Trinajstić information content (AvgIpc) is 2.68. The second-order valence-electron chi connectivity index (χ2n) is 3.40. The number of anilines is 1. The largest absolute Gasteiger partial charge is 0.324 e. The van der Waals surface area contributed by atoms with Gasteiger partial charge in [-0.1, -0.05) is 24.3 Å². The van der Waals surface area contributed by atoms with Gasteiger partial charge < -0.3 is 11.1 Å². The summed E-state index contributed by atoms with van der Waals surface area (Å²) in [6.45, 7) is 0. The van der Waals surface area contributed by atoms with Crippen molar-refractivity contribution >= 4 is 23.4 Å². The van der Waals surface area contributed by atoms with Crippen LogP contribution in [-0.2, 0) is 4.79 Å². The Morgan fingerprint density at radius 1 is 1.40 bits per heavy atom. The number of hydrogen-bond acceptors (Lipinski definition) is 3. The molecule has 1 aromatic carbocycles. The molecule has 0 saturated heterocycles. The molecule has 1 atom stereocenters. The van der Waals surface area contributed by atoms with Crippen molar-refractivity contribution in [2.75, 3.05) is 5.32 Å². The topological polar surface area (TPSA) is 55.1 Å². The van der Waals surface area contributed by atoms with Crippen molar-refractivity contribution in [3.05, 3.63) is 41.8 Å². The molecule has 0 aromatic heterocycles. The monoisotopic (exact) mass is 220 g/mol. The van der Waals surface area contributed by atoms with E-state index in [1.807, 2.05) is 41.8 Å².